The number of hydrazine groups is 1. The molecule has 1 amide bonds. The van der Waals surface area contributed by atoms with Gasteiger partial charge in [0.15, 0.2) is 0 Å². The number of hydrogen-bond acceptors (Lipinski definition) is 6. The second-order valence-electron chi connectivity index (χ2n) is 8.83. The molecule has 2 aliphatic heterocycles. The van der Waals surface area contributed by atoms with Gasteiger partial charge in [0.1, 0.15) is 17.5 Å². The predicted molar refractivity (Wildman–Crippen MR) is 127 cm³/mol. The summed E-state index contributed by atoms with van der Waals surface area (Å²) in [4.78, 5) is 15.2. The number of unbranched alkanes of at least 4 members (excludes halogenated alkanes) is 3. The minimum atomic E-state index is -0.369. The first-order valence-corrected chi connectivity index (χ1v) is 12.0. The van der Waals surface area contributed by atoms with Crippen molar-refractivity contribution in [3.05, 3.63) is 59.7 Å². The molecule has 4 atom stereocenters. The summed E-state index contributed by atoms with van der Waals surface area (Å²) in [7, 11) is 1.65. The van der Waals surface area contributed by atoms with E-state index >= 15 is 0 Å². The molecule has 7 nitrogen and oxygen atoms in total. The second-order valence-corrected chi connectivity index (χ2v) is 8.83. The summed E-state index contributed by atoms with van der Waals surface area (Å²) in [6.07, 6.45) is 4.69. The summed E-state index contributed by atoms with van der Waals surface area (Å²) < 4.78 is 11.2. The van der Waals surface area contributed by atoms with Gasteiger partial charge < -0.3 is 19.5 Å². The molecular weight excluding hydrogens is 418 g/mol. The number of likely N-dealkylation sites (tertiary alicyclic amines) is 1. The van der Waals surface area contributed by atoms with Crippen molar-refractivity contribution in [2.24, 2.45) is 5.92 Å². The fourth-order valence-electron chi connectivity index (χ4n) is 5.04. The van der Waals surface area contributed by atoms with Crippen LogP contribution in [0.5, 0.6) is 11.5 Å². The van der Waals surface area contributed by atoms with Crippen LogP contribution in [0.4, 0.5) is 0 Å². The number of ether oxygens (including phenoxy) is 2. The standard InChI is InChI=1S/C26H35N3O4/c1-3-4-5-8-16-33-19-13-11-18(12-14-19)25-22-23(20-9-6-7-10-21(20)30)27-28-24(22)26(31)29(25)15-17-32-2/h6-7,9-14,22-25,27-28,30H,3-5,8,15-17H2,1-2H3. The lowest BCUT2D eigenvalue weighted by Crippen LogP contribution is -2.42. The number of carbonyl (C=O) groups is 1. The Balaban J connectivity index is 1.57. The number of carbonyl (C=O) groups excluding carboxylic acids is 1. The molecular formula is C26H35N3O4. The first kappa shape index (κ1) is 23.5. The molecule has 33 heavy (non-hydrogen) atoms. The van der Waals surface area contributed by atoms with E-state index in [2.05, 4.69) is 29.9 Å². The molecule has 0 bridgehead atoms. The lowest BCUT2D eigenvalue weighted by atomic mass is 9.83. The summed E-state index contributed by atoms with van der Waals surface area (Å²) >= 11 is 0. The first-order chi connectivity index (χ1) is 16.2. The third-order valence-corrected chi connectivity index (χ3v) is 6.71. The van der Waals surface area contributed by atoms with Crippen LogP contribution in [0.2, 0.25) is 0 Å². The zero-order valence-corrected chi connectivity index (χ0v) is 19.5. The van der Waals surface area contributed by atoms with Gasteiger partial charge in [-0.1, -0.05) is 56.5 Å². The number of para-hydroxylation sites is 1. The largest absolute Gasteiger partial charge is 0.508 e. The highest BCUT2D eigenvalue weighted by atomic mass is 16.5. The van der Waals surface area contributed by atoms with E-state index in [1.54, 1.807) is 13.2 Å². The number of fused-ring (bicyclic) bond motifs is 1. The molecule has 2 aromatic carbocycles. The predicted octanol–water partition coefficient (Wildman–Crippen LogP) is 3.71. The number of amides is 1. The Kier molecular flexibility index (Phi) is 7.85. The lowest BCUT2D eigenvalue weighted by Gasteiger charge is -2.31. The van der Waals surface area contributed by atoms with Crippen LogP contribution in [0.15, 0.2) is 48.5 Å². The zero-order valence-electron chi connectivity index (χ0n) is 19.5. The lowest BCUT2D eigenvalue weighted by molar-refractivity contribution is -0.131. The van der Waals surface area contributed by atoms with Gasteiger partial charge in [-0.25, -0.2) is 10.9 Å². The number of nitrogens with one attached hydrogen (secondary N) is 2. The Hall–Kier alpha value is -2.61. The van der Waals surface area contributed by atoms with Crippen molar-refractivity contribution in [2.75, 3.05) is 26.9 Å². The van der Waals surface area contributed by atoms with Crippen molar-refractivity contribution in [1.82, 2.24) is 15.8 Å². The molecule has 0 aromatic heterocycles. The highest BCUT2D eigenvalue weighted by Gasteiger charge is 2.55. The normalized spacial score (nSPS) is 24.3. The summed E-state index contributed by atoms with van der Waals surface area (Å²) in [5.41, 5.74) is 8.29. The fourth-order valence-corrected chi connectivity index (χ4v) is 5.04. The number of aromatic hydroxyl groups is 1. The Labute approximate surface area is 196 Å². The fraction of sp³-hybridized carbons (Fsp3) is 0.500. The molecule has 0 radical (unpaired) electrons. The molecule has 3 N–H and O–H groups in total. The smallest absolute Gasteiger partial charge is 0.242 e. The van der Waals surface area contributed by atoms with Gasteiger partial charge in [0.25, 0.3) is 0 Å². The molecule has 0 saturated carbocycles. The maximum absolute atomic E-state index is 13.3. The van der Waals surface area contributed by atoms with Gasteiger partial charge in [-0.3, -0.25) is 4.79 Å². The van der Waals surface area contributed by atoms with Crippen molar-refractivity contribution >= 4 is 5.91 Å². The third-order valence-electron chi connectivity index (χ3n) is 6.71. The highest BCUT2D eigenvalue weighted by Crippen LogP contribution is 2.48. The van der Waals surface area contributed by atoms with Gasteiger partial charge in [-0.15, -0.1) is 0 Å². The van der Waals surface area contributed by atoms with Crippen molar-refractivity contribution in [3.8, 4) is 11.5 Å². The van der Waals surface area contributed by atoms with Crippen molar-refractivity contribution in [3.63, 3.8) is 0 Å². The van der Waals surface area contributed by atoms with Crippen molar-refractivity contribution in [2.45, 2.75) is 50.7 Å². The minimum absolute atomic E-state index is 0.0451. The summed E-state index contributed by atoms with van der Waals surface area (Å²) in [6.45, 7) is 3.90. The van der Waals surface area contributed by atoms with E-state index in [1.165, 1.54) is 19.3 Å². The second kappa shape index (κ2) is 11.0. The van der Waals surface area contributed by atoms with Crippen LogP contribution in [-0.2, 0) is 9.53 Å². The SMILES string of the molecule is CCCCCCOc1ccc(C2C3C(NNC3c3ccccc3O)C(=O)N2CCOC)cc1. The quantitative estimate of drug-likeness (QED) is 0.450. The van der Waals surface area contributed by atoms with E-state index in [0.717, 1.165) is 29.9 Å². The Morgan fingerprint density at radius 1 is 0.970 bits per heavy atom. The van der Waals surface area contributed by atoms with Crippen LogP contribution >= 0.6 is 0 Å². The Bertz CT molecular complexity index is 920. The van der Waals surface area contributed by atoms with E-state index < -0.39 is 0 Å². The Morgan fingerprint density at radius 3 is 2.45 bits per heavy atom. The zero-order chi connectivity index (χ0) is 23.2. The molecule has 2 saturated heterocycles. The molecule has 0 aliphatic carbocycles. The molecule has 2 fully saturated rings. The van der Waals surface area contributed by atoms with Gasteiger partial charge >= 0.3 is 0 Å². The molecule has 7 heteroatoms. The minimum Gasteiger partial charge on any atom is -0.508 e. The van der Waals surface area contributed by atoms with Gasteiger partial charge in [-0.05, 0) is 30.2 Å². The van der Waals surface area contributed by atoms with Crippen LogP contribution in [0.3, 0.4) is 0 Å². The molecule has 4 rings (SSSR count). The number of phenols is 1. The number of rotatable bonds is 11. The van der Waals surface area contributed by atoms with E-state index in [4.69, 9.17) is 9.47 Å². The average molecular weight is 454 g/mol. The van der Waals surface area contributed by atoms with Crippen molar-refractivity contribution in [1.29, 1.82) is 0 Å². The van der Waals surface area contributed by atoms with Gasteiger partial charge in [0.05, 0.1) is 25.3 Å². The van der Waals surface area contributed by atoms with Crippen LogP contribution in [0, 0.1) is 5.92 Å². The molecule has 2 heterocycles. The average Bonchev–Trinajstić information content (AvgIpc) is 3.37. The number of phenolic OH excluding ortho intramolecular Hbond substituents is 1. The summed E-state index contributed by atoms with van der Waals surface area (Å²) in [6, 6.07) is 14.7. The third kappa shape index (κ3) is 5.00. The van der Waals surface area contributed by atoms with Crippen LogP contribution in [-0.4, -0.2) is 48.8 Å². The monoisotopic (exact) mass is 453 g/mol. The molecule has 2 aromatic rings. The van der Waals surface area contributed by atoms with E-state index in [-0.39, 0.29) is 35.7 Å². The summed E-state index contributed by atoms with van der Waals surface area (Å²) in [5.74, 6) is 1.04. The maximum Gasteiger partial charge on any atom is 0.242 e. The van der Waals surface area contributed by atoms with Crippen LogP contribution in [0.25, 0.3) is 0 Å². The number of methoxy groups -OCH3 is 1. The molecule has 0 spiro atoms. The van der Waals surface area contributed by atoms with Crippen LogP contribution < -0.4 is 15.6 Å². The van der Waals surface area contributed by atoms with Gasteiger partial charge in [-0.2, -0.15) is 0 Å². The number of benzene rings is 2. The molecule has 178 valence electrons. The topological polar surface area (TPSA) is 83.1 Å². The van der Waals surface area contributed by atoms with E-state index in [0.29, 0.717) is 13.2 Å². The van der Waals surface area contributed by atoms with E-state index in [1.807, 2.05) is 35.2 Å². The Morgan fingerprint density at radius 2 is 1.73 bits per heavy atom. The van der Waals surface area contributed by atoms with Crippen LogP contribution in [0.1, 0.15) is 55.8 Å². The number of hydrogen-bond donors (Lipinski definition) is 3. The maximum atomic E-state index is 13.3. The summed E-state index contributed by atoms with van der Waals surface area (Å²) in [5, 5.41) is 10.5. The molecule has 2 aliphatic rings. The number of nitrogens with zero attached hydrogens (tertiary/aromatic N) is 1. The molecule has 4 unspecified atom stereocenters. The van der Waals surface area contributed by atoms with E-state index in [9.17, 15) is 9.90 Å². The van der Waals surface area contributed by atoms with Gasteiger partial charge in [0, 0.05) is 25.1 Å². The highest BCUT2D eigenvalue weighted by molar-refractivity contribution is 5.86. The van der Waals surface area contributed by atoms with Crippen molar-refractivity contribution < 1.29 is 19.4 Å². The van der Waals surface area contributed by atoms with Gasteiger partial charge in [0.2, 0.25) is 5.91 Å². The first-order valence-electron chi connectivity index (χ1n) is 12.0.